The number of benzene rings is 2. The lowest BCUT2D eigenvalue weighted by molar-refractivity contribution is -0.258. The molecule has 2 saturated carbocycles. The van der Waals surface area contributed by atoms with Gasteiger partial charge in [0.25, 0.3) is 0 Å². The summed E-state index contributed by atoms with van der Waals surface area (Å²) in [6.45, 7) is 12.1. The Morgan fingerprint density at radius 1 is 1.00 bits per heavy atom. The summed E-state index contributed by atoms with van der Waals surface area (Å²) in [5, 5.41) is 24.8. The molecule has 2 aliphatic heterocycles. The first-order chi connectivity index (χ1) is 27.8. The first-order valence-electron chi connectivity index (χ1n) is 21.7. The van der Waals surface area contributed by atoms with Gasteiger partial charge in [-0.25, -0.2) is 0 Å². The molecule has 0 aromatic heterocycles. The number of aliphatic hydroxyl groups is 2. The van der Waals surface area contributed by atoms with Gasteiger partial charge in [0.05, 0.1) is 24.8 Å². The summed E-state index contributed by atoms with van der Waals surface area (Å²) < 4.78 is 27.1. The Morgan fingerprint density at radius 2 is 1.77 bits per heavy atom. The number of allylic oxidation sites excluding steroid dienone is 1. The SMILES string of the molecule is C=CCO[C@@]12Oc3ccc(Oc4ccc(C)c(C)c4)cc3[C@H]3[C@H](CCCCO)[C@@H](CCCCO)C=C(C(=NOC4CCCCO4)C[C@@H]1N(CCC)C(=O)C1CC1)[C@H]32. The van der Waals surface area contributed by atoms with Crippen LogP contribution >= 0.6 is 0 Å². The minimum atomic E-state index is -1.25. The van der Waals surface area contributed by atoms with Crippen molar-refractivity contribution in [1.82, 2.24) is 4.90 Å². The van der Waals surface area contributed by atoms with Crippen molar-refractivity contribution in [2.24, 2.45) is 28.8 Å². The van der Waals surface area contributed by atoms with Gasteiger partial charge >= 0.3 is 0 Å². The van der Waals surface area contributed by atoms with Crippen molar-refractivity contribution in [1.29, 1.82) is 0 Å². The van der Waals surface area contributed by atoms with E-state index in [1.54, 1.807) is 6.08 Å². The number of aryl methyl sites for hydroxylation is 2. The molecule has 2 aromatic carbocycles. The highest BCUT2D eigenvalue weighted by atomic mass is 16.8. The Kier molecular flexibility index (Phi) is 13.8. The molecule has 10 nitrogen and oxygen atoms in total. The fraction of sp³-hybridized carbons (Fsp3) is 0.617. The fourth-order valence-corrected chi connectivity index (χ4v) is 9.77. The standard InChI is InChI=1S/C47H64N2O8/c1-5-22-49(46(52)33-17-18-33)42-30-40(48-57-43-15-9-12-26-53-43)38-28-34(13-7-10-23-50)37(14-8-11-24-51)44-39-29-36(55-35-19-16-31(3)32(4)27-35)20-21-41(39)56-47(42,45(38)44)54-25-6-2/h6,16,19-21,27-29,33-34,37,42-45,50-51H,2,5,7-15,17-18,22-26,30H2,1,3-4H3/t34-,37+,42-,43?,44+,45+,47+/m0/s1. The topological polar surface area (TPSA) is 119 Å². The number of ether oxygens (including phenoxy) is 4. The van der Waals surface area contributed by atoms with E-state index in [1.807, 2.05) is 23.1 Å². The Morgan fingerprint density at radius 3 is 2.47 bits per heavy atom. The molecule has 7 rings (SSSR count). The van der Waals surface area contributed by atoms with E-state index in [0.29, 0.717) is 26.0 Å². The lowest BCUT2D eigenvalue weighted by atomic mass is 9.55. The third-order valence-corrected chi connectivity index (χ3v) is 12.8. The van der Waals surface area contributed by atoms with Crippen molar-refractivity contribution in [3.05, 3.63) is 77.4 Å². The van der Waals surface area contributed by atoms with Gasteiger partial charge in [0.15, 0.2) is 0 Å². The lowest BCUT2D eigenvalue weighted by Crippen LogP contribution is -2.70. The number of amides is 1. The molecular formula is C47H64N2O8. The van der Waals surface area contributed by atoms with Crippen LogP contribution in [-0.2, 0) is 19.1 Å². The number of oxime groups is 1. The Labute approximate surface area is 339 Å². The van der Waals surface area contributed by atoms with Gasteiger partial charge in [0, 0.05) is 50.0 Å². The molecule has 1 amide bonds. The smallest absolute Gasteiger partial charge is 0.239 e. The zero-order valence-electron chi connectivity index (χ0n) is 34.3. The summed E-state index contributed by atoms with van der Waals surface area (Å²) in [6.07, 6.45) is 14.4. The number of unbranched alkanes of at least 4 members (excludes halogenated alkanes) is 2. The van der Waals surface area contributed by atoms with Crippen LogP contribution in [0.1, 0.15) is 113 Å². The molecule has 0 spiro atoms. The van der Waals surface area contributed by atoms with Gasteiger partial charge in [-0.2, -0.15) is 0 Å². The summed E-state index contributed by atoms with van der Waals surface area (Å²) in [7, 11) is 0. The van der Waals surface area contributed by atoms with Crippen LogP contribution in [0.4, 0.5) is 0 Å². The second-order valence-electron chi connectivity index (χ2n) is 16.8. The second-order valence-corrected chi connectivity index (χ2v) is 16.8. The molecule has 5 aliphatic rings. The highest BCUT2D eigenvalue weighted by Gasteiger charge is 2.65. The summed E-state index contributed by atoms with van der Waals surface area (Å²) in [6, 6.07) is 11.8. The minimum absolute atomic E-state index is 0.00232. The summed E-state index contributed by atoms with van der Waals surface area (Å²) >= 11 is 0. The van der Waals surface area contributed by atoms with Gasteiger partial charge < -0.3 is 38.9 Å². The monoisotopic (exact) mass is 784 g/mol. The van der Waals surface area contributed by atoms with Gasteiger partial charge in [-0.1, -0.05) is 43.1 Å². The van der Waals surface area contributed by atoms with E-state index in [2.05, 4.69) is 51.6 Å². The van der Waals surface area contributed by atoms with Crippen LogP contribution in [0.2, 0.25) is 0 Å². The van der Waals surface area contributed by atoms with Crippen LogP contribution in [-0.4, -0.2) is 77.8 Å². The number of aliphatic hydroxyl groups excluding tert-OH is 2. The molecule has 1 saturated heterocycles. The number of rotatable bonds is 19. The van der Waals surface area contributed by atoms with Crippen molar-refractivity contribution in [3.8, 4) is 17.2 Å². The maximum Gasteiger partial charge on any atom is 0.239 e. The first kappa shape index (κ1) is 41.5. The first-order valence-corrected chi connectivity index (χ1v) is 21.7. The van der Waals surface area contributed by atoms with Crippen LogP contribution in [0.5, 0.6) is 17.2 Å². The van der Waals surface area contributed by atoms with E-state index in [4.69, 9.17) is 28.9 Å². The van der Waals surface area contributed by atoms with Crippen molar-refractivity contribution in [2.45, 2.75) is 128 Å². The van der Waals surface area contributed by atoms with E-state index >= 15 is 0 Å². The summed E-state index contributed by atoms with van der Waals surface area (Å²) in [5.41, 5.74) is 5.25. The number of hydrogen-bond acceptors (Lipinski definition) is 9. The number of carbonyl (C=O) groups is 1. The Hall–Kier alpha value is -3.70. The highest BCUT2D eigenvalue weighted by Crippen LogP contribution is 2.62. The van der Waals surface area contributed by atoms with Crippen LogP contribution < -0.4 is 9.47 Å². The van der Waals surface area contributed by atoms with E-state index in [0.717, 1.165) is 110 Å². The number of carbonyl (C=O) groups excluding carboxylic acids is 1. The maximum absolute atomic E-state index is 14.4. The molecule has 10 heteroatoms. The Bertz CT molecular complexity index is 1770. The van der Waals surface area contributed by atoms with Gasteiger partial charge in [-0.05, 0) is 131 Å². The number of fused-ring (bicyclic) bond motifs is 2. The highest BCUT2D eigenvalue weighted by molar-refractivity contribution is 6.03. The summed E-state index contributed by atoms with van der Waals surface area (Å²) in [4.78, 5) is 22.7. The quantitative estimate of drug-likeness (QED) is 0.0824. The predicted molar refractivity (Wildman–Crippen MR) is 220 cm³/mol. The number of nitrogens with zero attached hydrogens (tertiary/aromatic N) is 2. The van der Waals surface area contributed by atoms with Crippen molar-refractivity contribution < 1.29 is 38.8 Å². The summed E-state index contributed by atoms with van der Waals surface area (Å²) in [5.74, 6) is 0.928. The second kappa shape index (κ2) is 18.9. The normalized spacial score (nSPS) is 28.4. The van der Waals surface area contributed by atoms with Gasteiger partial charge in [-0.3, -0.25) is 4.79 Å². The zero-order chi connectivity index (χ0) is 39.9. The Balaban J connectivity index is 1.42. The van der Waals surface area contributed by atoms with Crippen LogP contribution in [0.3, 0.4) is 0 Å². The minimum Gasteiger partial charge on any atom is -0.459 e. The molecule has 310 valence electrons. The third kappa shape index (κ3) is 8.99. The molecule has 2 heterocycles. The number of hydrogen-bond donors (Lipinski definition) is 2. The van der Waals surface area contributed by atoms with E-state index < -0.39 is 18.1 Å². The molecule has 57 heavy (non-hydrogen) atoms. The largest absolute Gasteiger partial charge is 0.459 e. The maximum atomic E-state index is 14.4. The molecule has 2 N–H and O–H groups in total. The lowest BCUT2D eigenvalue weighted by Gasteiger charge is -2.60. The van der Waals surface area contributed by atoms with Gasteiger partial charge in [0.1, 0.15) is 23.3 Å². The average Bonchev–Trinajstić information content (AvgIpc) is 4.08. The molecule has 0 radical (unpaired) electrons. The average molecular weight is 785 g/mol. The van der Waals surface area contributed by atoms with Crippen molar-refractivity contribution in [2.75, 3.05) is 33.0 Å². The molecule has 1 unspecified atom stereocenters. The zero-order valence-corrected chi connectivity index (χ0v) is 34.3. The van der Waals surface area contributed by atoms with Crippen molar-refractivity contribution in [3.63, 3.8) is 0 Å². The molecule has 7 atom stereocenters. The predicted octanol–water partition coefficient (Wildman–Crippen LogP) is 8.90. The van der Waals surface area contributed by atoms with Crippen molar-refractivity contribution >= 4 is 11.6 Å². The fourth-order valence-electron chi connectivity index (χ4n) is 9.77. The van der Waals surface area contributed by atoms with Gasteiger partial charge in [0.2, 0.25) is 18.0 Å². The molecule has 2 aromatic rings. The van der Waals surface area contributed by atoms with Crippen LogP contribution in [0, 0.1) is 37.5 Å². The van der Waals surface area contributed by atoms with E-state index in [1.165, 1.54) is 5.56 Å². The van der Waals surface area contributed by atoms with E-state index in [9.17, 15) is 15.0 Å². The van der Waals surface area contributed by atoms with Crippen LogP contribution in [0.25, 0.3) is 0 Å². The molecule has 0 bridgehead atoms. The van der Waals surface area contributed by atoms with Crippen LogP contribution in [0.15, 0.2) is 65.9 Å². The molecular weight excluding hydrogens is 721 g/mol. The molecule has 3 fully saturated rings. The van der Waals surface area contributed by atoms with E-state index in [-0.39, 0.29) is 55.3 Å². The van der Waals surface area contributed by atoms with Gasteiger partial charge in [-0.15, -0.1) is 6.58 Å². The third-order valence-electron chi connectivity index (χ3n) is 12.8. The molecule has 3 aliphatic carbocycles.